The summed E-state index contributed by atoms with van der Waals surface area (Å²) < 4.78 is 20.0. The molecule has 1 heterocycles. The lowest BCUT2D eigenvalue weighted by atomic mass is 10.0. The number of carbonyl (C=O) groups is 1. The minimum Gasteiger partial charge on any atom is -0.493 e. The van der Waals surface area contributed by atoms with E-state index in [2.05, 4.69) is 27.3 Å². The molecule has 0 aromatic heterocycles. The van der Waals surface area contributed by atoms with Crippen molar-refractivity contribution in [2.75, 3.05) is 6.61 Å². The van der Waals surface area contributed by atoms with Gasteiger partial charge in [-0.2, -0.15) is 0 Å². The first-order valence-electron chi connectivity index (χ1n) is 8.02. The van der Waals surface area contributed by atoms with Crippen LogP contribution in [0.3, 0.4) is 0 Å². The predicted molar refractivity (Wildman–Crippen MR) is 94.6 cm³/mol. The molecule has 0 bridgehead atoms. The van der Waals surface area contributed by atoms with Crippen LogP contribution in [0.4, 0.5) is 4.39 Å². The summed E-state index contributed by atoms with van der Waals surface area (Å²) in [5.41, 5.74) is 2.79. The standard InChI is InChI=1S/C19H19BrFNO2/c1-12(13-2-6-18-15(10-13)8-9-24-18)22-19(23)7-3-14-11-16(20)4-5-17(14)21/h2,4-6,10-12H,3,7-9H2,1H3,(H,22,23). The highest BCUT2D eigenvalue weighted by atomic mass is 79.9. The quantitative estimate of drug-likeness (QED) is 0.823. The summed E-state index contributed by atoms with van der Waals surface area (Å²) in [6.45, 7) is 2.67. The zero-order chi connectivity index (χ0) is 17.1. The number of rotatable bonds is 5. The molecule has 1 aliphatic rings. The van der Waals surface area contributed by atoms with E-state index in [9.17, 15) is 9.18 Å². The Hall–Kier alpha value is -1.88. The van der Waals surface area contributed by atoms with Crippen LogP contribution in [0.5, 0.6) is 5.75 Å². The zero-order valence-corrected chi connectivity index (χ0v) is 15.0. The topological polar surface area (TPSA) is 38.3 Å². The van der Waals surface area contributed by atoms with E-state index in [4.69, 9.17) is 4.74 Å². The third kappa shape index (κ3) is 3.96. The molecule has 24 heavy (non-hydrogen) atoms. The van der Waals surface area contributed by atoms with E-state index in [1.165, 1.54) is 11.6 Å². The van der Waals surface area contributed by atoms with Crippen molar-refractivity contribution in [3.8, 4) is 5.75 Å². The Morgan fingerprint density at radius 1 is 1.33 bits per heavy atom. The molecule has 1 aliphatic heterocycles. The smallest absolute Gasteiger partial charge is 0.220 e. The van der Waals surface area contributed by atoms with E-state index in [1.807, 2.05) is 19.1 Å². The van der Waals surface area contributed by atoms with Gasteiger partial charge in [-0.3, -0.25) is 4.79 Å². The second-order valence-corrected chi connectivity index (χ2v) is 6.91. The molecule has 0 saturated heterocycles. The number of nitrogens with one attached hydrogen (secondary N) is 1. The predicted octanol–water partition coefficient (Wildman–Crippen LogP) is 4.33. The Kier molecular flexibility index (Phi) is 5.19. The number of halogens is 2. The highest BCUT2D eigenvalue weighted by Gasteiger charge is 2.16. The van der Waals surface area contributed by atoms with Gasteiger partial charge in [-0.05, 0) is 60.4 Å². The molecule has 126 valence electrons. The summed E-state index contributed by atoms with van der Waals surface area (Å²) >= 11 is 3.32. The van der Waals surface area contributed by atoms with E-state index in [0.717, 1.165) is 28.8 Å². The lowest BCUT2D eigenvalue weighted by Crippen LogP contribution is -2.26. The molecule has 3 rings (SSSR count). The van der Waals surface area contributed by atoms with E-state index < -0.39 is 0 Å². The Morgan fingerprint density at radius 3 is 3.00 bits per heavy atom. The minimum absolute atomic E-state index is 0.0846. The number of ether oxygens (including phenoxy) is 1. The number of hydrogen-bond acceptors (Lipinski definition) is 2. The van der Waals surface area contributed by atoms with Gasteiger partial charge in [0.1, 0.15) is 11.6 Å². The van der Waals surface area contributed by atoms with Crippen LogP contribution in [0.1, 0.15) is 36.1 Å². The molecule has 0 spiro atoms. The van der Waals surface area contributed by atoms with Crippen LogP contribution < -0.4 is 10.1 Å². The van der Waals surface area contributed by atoms with Crippen LogP contribution in [0.2, 0.25) is 0 Å². The Morgan fingerprint density at radius 2 is 2.17 bits per heavy atom. The number of fused-ring (bicyclic) bond motifs is 1. The monoisotopic (exact) mass is 391 g/mol. The molecule has 0 radical (unpaired) electrons. The molecule has 1 atom stereocenters. The lowest BCUT2D eigenvalue weighted by Gasteiger charge is -2.15. The maximum absolute atomic E-state index is 13.7. The molecule has 3 nitrogen and oxygen atoms in total. The van der Waals surface area contributed by atoms with E-state index >= 15 is 0 Å². The molecule has 1 N–H and O–H groups in total. The van der Waals surface area contributed by atoms with Gasteiger partial charge in [-0.25, -0.2) is 4.39 Å². The third-order valence-electron chi connectivity index (χ3n) is 4.22. The molecule has 5 heteroatoms. The van der Waals surface area contributed by atoms with Crippen LogP contribution >= 0.6 is 15.9 Å². The van der Waals surface area contributed by atoms with Crippen LogP contribution in [0, 0.1) is 5.82 Å². The van der Waals surface area contributed by atoms with Crippen LogP contribution in [-0.4, -0.2) is 12.5 Å². The zero-order valence-electron chi connectivity index (χ0n) is 13.4. The normalized spacial score (nSPS) is 14.0. The average molecular weight is 392 g/mol. The summed E-state index contributed by atoms with van der Waals surface area (Å²) in [7, 11) is 0. The number of carbonyl (C=O) groups excluding carboxylic acids is 1. The minimum atomic E-state index is -0.280. The van der Waals surface area contributed by atoms with Crippen LogP contribution in [-0.2, 0) is 17.6 Å². The van der Waals surface area contributed by atoms with Crippen molar-refractivity contribution >= 4 is 21.8 Å². The highest BCUT2D eigenvalue weighted by Crippen LogP contribution is 2.28. The summed E-state index contributed by atoms with van der Waals surface area (Å²) in [4.78, 5) is 12.2. The van der Waals surface area contributed by atoms with Crippen LogP contribution in [0.15, 0.2) is 40.9 Å². The summed E-state index contributed by atoms with van der Waals surface area (Å²) in [5.74, 6) is 0.568. The van der Waals surface area contributed by atoms with Gasteiger partial charge in [-0.15, -0.1) is 0 Å². The van der Waals surface area contributed by atoms with Crippen molar-refractivity contribution in [3.63, 3.8) is 0 Å². The van der Waals surface area contributed by atoms with Crippen molar-refractivity contribution in [1.82, 2.24) is 5.32 Å². The van der Waals surface area contributed by atoms with Crippen molar-refractivity contribution in [2.24, 2.45) is 0 Å². The maximum atomic E-state index is 13.7. The number of amides is 1. The van der Waals surface area contributed by atoms with Gasteiger partial charge in [-0.1, -0.05) is 22.0 Å². The molecule has 0 aliphatic carbocycles. The number of aryl methyl sites for hydroxylation is 1. The van der Waals surface area contributed by atoms with Gasteiger partial charge >= 0.3 is 0 Å². The van der Waals surface area contributed by atoms with Gasteiger partial charge < -0.3 is 10.1 Å². The summed E-state index contributed by atoms with van der Waals surface area (Å²) in [6, 6.07) is 10.7. The van der Waals surface area contributed by atoms with Gasteiger partial charge in [0, 0.05) is 17.3 Å². The second-order valence-electron chi connectivity index (χ2n) is 5.99. The van der Waals surface area contributed by atoms with Crippen molar-refractivity contribution in [2.45, 2.75) is 32.2 Å². The summed E-state index contributed by atoms with van der Waals surface area (Å²) in [5, 5.41) is 2.98. The van der Waals surface area contributed by atoms with E-state index in [1.54, 1.807) is 12.1 Å². The van der Waals surface area contributed by atoms with Gasteiger partial charge in [0.2, 0.25) is 5.91 Å². The van der Waals surface area contributed by atoms with Gasteiger partial charge in [0.05, 0.1) is 12.6 Å². The molecule has 0 saturated carbocycles. The van der Waals surface area contributed by atoms with Crippen molar-refractivity contribution in [3.05, 3.63) is 63.4 Å². The van der Waals surface area contributed by atoms with E-state index in [-0.39, 0.29) is 24.2 Å². The van der Waals surface area contributed by atoms with Gasteiger partial charge in [0.15, 0.2) is 0 Å². The molecule has 2 aromatic carbocycles. The number of benzene rings is 2. The lowest BCUT2D eigenvalue weighted by molar-refractivity contribution is -0.121. The first-order valence-corrected chi connectivity index (χ1v) is 8.81. The molecule has 1 amide bonds. The first kappa shape index (κ1) is 17.0. The van der Waals surface area contributed by atoms with E-state index in [0.29, 0.717) is 12.0 Å². The highest BCUT2D eigenvalue weighted by molar-refractivity contribution is 9.10. The number of hydrogen-bond donors (Lipinski definition) is 1. The molecular formula is C19H19BrFNO2. The second kappa shape index (κ2) is 7.34. The molecule has 1 unspecified atom stereocenters. The fourth-order valence-corrected chi connectivity index (χ4v) is 3.26. The van der Waals surface area contributed by atoms with Crippen LogP contribution in [0.25, 0.3) is 0 Å². The van der Waals surface area contributed by atoms with Crippen molar-refractivity contribution in [1.29, 1.82) is 0 Å². The molecule has 2 aromatic rings. The maximum Gasteiger partial charge on any atom is 0.220 e. The summed E-state index contributed by atoms with van der Waals surface area (Å²) in [6.07, 6.45) is 1.54. The van der Waals surface area contributed by atoms with Gasteiger partial charge in [0.25, 0.3) is 0 Å². The Labute approximate surface area is 149 Å². The SMILES string of the molecule is CC(NC(=O)CCc1cc(Br)ccc1F)c1ccc2c(c1)CCO2. The average Bonchev–Trinajstić information content (AvgIpc) is 3.03. The Balaban J connectivity index is 1.57. The Bertz CT molecular complexity index is 763. The fraction of sp³-hybridized carbons (Fsp3) is 0.316. The van der Waals surface area contributed by atoms with Crippen molar-refractivity contribution < 1.29 is 13.9 Å². The fourth-order valence-electron chi connectivity index (χ4n) is 2.86. The molecule has 0 fully saturated rings. The molecular weight excluding hydrogens is 373 g/mol. The largest absolute Gasteiger partial charge is 0.493 e. The first-order chi connectivity index (χ1) is 11.5. The third-order valence-corrected chi connectivity index (χ3v) is 4.71.